The zero-order chi connectivity index (χ0) is 17.4. The standard InChI is InChI=1S/C19H17N5O/c1-12(2)18-23-22-17-9-8-13(11-24(17)18)21-19(25)15-5-3-7-16-14(15)6-4-10-20-16/h3-12H,1-2H3,(H,21,25). The highest BCUT2D eigenvalue weighted by Gasteiger charge is 2.13. The van der Waals surface area contributed by atoms with E-state index in [2.05, 4.69) is 34.3 Å². The lowest BCUT2D eigenvalue weighted by atomic mass is 10.1. The van der Waals surface area contributed by atoms with Crippen molar-refractivity contribution in [1.29, 1.82) is 0 Å². The molecule has 0 aliphatic rings. The molecule has 124 valence electrons. The Balaban J connectivity index is 1.70. The van der Waals surface area contributed by atoms with Crippen LogP contribution in [0.5, 0.6) is 0 Å². The number of amides is 1. The number of carbonyl (C=O) groups is 1. The van der Waals surface area contributed by atoms with Crippen molar-refractivity contribution < 1.29 is 4.79 Å². The van der Waals surface area contributed by atoms with Gasteiger partial charge in [0, 0.05) is 29.3 Å². The van der Waals surface area contributed by atoms with E-state index in [4.69, 9.17) is 0 Å². The minimum absolute atomic E-state index is 0.169. The van der Waals surface area contributed by atoms with Crippen LogP contribution in [0.25, 0.3) is 16.6 Å². The van der Waals surface area contributed by atoms with E-state index in [9.17, 15) is 4.79 Å². The van der Waals surface area contributed by atoms with Crippen molar-refractivity contribution >= 4 is 28.1 Å². The highest BCUT2D eigenvalue weighted by Crippen LogP contribution is 2.20. The smallest absolute Gasteiger partial charge is 0.256 e. The Morgan fingerprint density at radius 3 is 2.80 bits per heavy atom. The maximum Gasteiger partial charge on any atom is 0.256 e. The summed E-state index contributed by atoms with van der Waals surface area (Å²) in [6, 6.07) is 12.9. The number of pyridine rings is 2. The van der Waals surface area contributed by atoms with Gasteiger partial charge in [-0.1, -0.05) is 26.0 Å². The average Bonchev–Trinajstić information content (AvgIpc) is 3.04. The van der Waals surface area contributed by atoms with Gasteiger partial charge in [0.25, 0.3) is 5.91 Å². The Morgan fingerprint density at radius 2 is 1.96 bits per heavy atom. The van der Waals surface area contributed by atoms with Crippen LogP contribution < -0.4 is 5.32 Å². The number of nitrogens with zero attached hydrogens (tertiary/aromatic N) is 4. The predicted molar refractivity (Wildman–Crippen MR) is 96.8 cm³/mol. The summed E-state index contributed by atoms with van der Waals surface area (Å²) >= 11 is 0. The lowest BCUT2D eigenvalue weighted by Gasteiger charge is -2.09. The Hall–Kier alpha value is -3.28. The molecule has 0 bridgehead atoms. The van der Waals surface area contributed by atoms with Gasteiger partial charge >= 0.3 is 0 Å². The molecule has 0 aliphatic heterocycles. The first-order valence-electron chi connectivity index (χ1n) is 8.13. The third-order valence-electron chi connectivity index (χ3n) is 4.09. The van der Waals surface area contributed by atoms with Crippen molar-refractivity contribution in [2.75, 3.05) is 5.32 Å². The van der Waals surface area contributed by atoms with Crippen LogP contribution in [-0.2, 0) is 0 Å². The second-order valence-electron chi connectivity index (χ2n) is 6.19. The van der Waals surface area contributed by atoms with Gasteiger partial charge in [0.2, 0.25) is 0 Å². The van der Waals surface area contributed by atoms with Crippen molar-refractivity contribution in [3.63, 3.8) is 0 Å². The van der Waals surface area contributed by atoms with E-state index in [1.165, 1.54) is 0 Å². The molecule has 0 aliphatic carbocycles. The van der Waals surface area contributed by atoms with E-state index >= 15 is 0 Å². The lowest BCUT2D eigenvalue weighted by Crippen LogP contribution is -2.13. The first-order valence-corrected chi connectivity index (χ1v) is 8.13. The van der Waals surface area contributed by atoms with Crippen LogP contribution in [0.3, 0.4) is 0 Å². The minimum atomic E-state index is -0.169. The molecule has 6 nitrogen and oxygen atoms in total. The molecule has 3 aromatic heterocycles. The maximum absolute atomic E-state index is 12.7. The van der Waals surface area contributed by atoms with Gasteiger partial charge in [-0.3, -0.25) is 14.2 Å². The normalized spacial score (nSPS) is 11.3. The second-order valence-corrected chi connectivity index (χ2v) is 6.19. The molecule has 25 heavy (non-hydrogen) atoms. The fourth-order valence-corrected chi connectivity index (χ4v) is 2.88. The fourth-order valence-electron chi connectivity index (χ4n) is 2.88. The first-order chi connectivity index (χ1) is 12.1. The van der Waals surface area contributed by atoms with Crippen LogP contribution in [0.1, 0.15) is 35.9 Å². The van der Waals surface area contributed by atoms with Crippen LogP contribution in [-0.4, -0.2) is 25.5 Å². The number of fused-ring (bicyclic) bond motifs is 2. The largest absolute Gasteiger partial charge is 0.321 e. The van der Waals surface area contributed by atoms with Crippen molar-refractivity contribution in [3.05, 3.63) is 66.2 Å². The van der Waals surface area contributed by atoms with Crippen LogP contribution in [0.4, 0.5) is 5.69 Å². The molecule has 1 aromatic carbocycles. The predicted octanol–water partition coefficient (Wildman–Crippen LogP) is 3.65. The van der Waals surface area contributed by atoms with Crippen LogP contribution in [0.2, 0.25) is 0 Å². The Kier molecular flexibility index (Phi) is 3.65. The summed E-state index contributed by atoms with van der Waals surface area (Å²) < 4.78 is 1.91. The lowest BCUT2D eigenvalue weighted by molar-refractivity contribution is 0.102. The van der Waals surface area contributed by atoms with Crippen LogP contribution >= 0.6 is 0 Å². The minimum Gasteiger partial charge on any atom is -0.321 e. The molecular formula is C19H17N5O. The number of carbonyl (C=O) groups excluding carboxylic acids is 1. The third-order valence-corrected chi connectivity index (χ3v) is 4.09. The van der Waals surface area contributed by atoms with Crippen molar-refractivity contribution in [2.45, 2.75) is 19.8 Å². The molecule has 4 rings (SSSR count). The zero-order valence-electron chi connectivity index (χ0n) is 14.0. The van der Waals surface area contributed by atoms with Gasteiger partial charge in [0.15, 0.2) is 5.65 Å². The van der Waals surface area contributed by atoms with Gasteiger partial charge in [0.1, 0.15) is 5.82 Å². The van der Waals surface area contributed by atoms with Gasteiger partial charge in [0.05, 0.1) is 11.2 Å². The maximum atomic E-state index is 12.7. The molecule has 0 radical (unpaired) electrons. The average molecular weight is 331 g/mol. The van der Waals surface area contributed by atoms with Crippen LogP contribution in [0.15, 0.2) is 54.9 Å². The highest BCUT2D eigenvalue weighted by molar-refractivity contribution is 6.12. The monoisotopic (exact) mass is 331 g/mol. The van der Waals surface area contributed by atoms with Crippen molar-refractivity contribution in [3.8, 4) is 0 Å². The Morgan fingerprint density at radius 1 is 1.08 bits per heavy atom. The first kappa shape index (κ1) is 15.3. The summed E-state index contributed by atoms with van der Waals surface area (Å²) in [6.07, 6.45) is 3.57. The molecule has 0 fully saturated rings. The fraction of sp³-hybridized carbons (Fsp3) is 0.158. The van der Waals surface area contributed by atoms with Gasteiger partial charge < -0.3 is 5.32 Å². The molecule has 0 saturated heterocycles. The second kappa shape index (κ2) is 5.98. The Labute approximate surface area is 144 Å². The summed E-state index contributed by atoms with van der Waals surface area (Å²) in [7, 11) is 0. The molecule has 0 spiro atoms. The van der Waals surface area contributed by atoms with Gasteiger partial charge in [-0.15, -0.1) is 10.2 Å². The molecule has 1 amide bonds. The van der Waals surface area contributed by atoms with Crippen molar-refractivity contribution in [2.24, 2.45) is 0 Å². The zero-order valence-corrected chi connectivity index (χ0v) is 14.0. The van der Waals surface area contributed by atoms with Gasteiger partial charge in [-0.05, 0) is 30.3 Å². The summed E-state index contributed by atoms with van der Waals surface area (Å²) in [5, 5.41) is 12.1. The molecule has 0 saturated carbocycles. The van der Waals surface area contributed by atoms with E-state index < -0.39 is 0 Å². The molecule has 6 heteroatoms. The summed E-state index contributed by atoms with van der Waals surface area (Å²) in [5.74, 6) is 0.933. The molecule has 0 atom stereocenters. The van der Waals surface area contributed by atoms with Crippen molar-refractivity contribution in [1.82, 2.24) is 19.6 Å². The molecule has 3 heterocycles. The number of nitrogens with one attached hydrogen (secondary N) is 1. The quantitative estimate of drug-likeness (QED) is 0.622. The van der Waals surface area contributed by atoms with Gasteiger partial charge in [-0.2, -0.15) is 0 Å². The van der Waals surface area contributed by atoms with E-state index in [-0.39, 0.29) is 11.8 Å². The number of rotatable bonds is 3. The van der Waals surface area contributed by atoms with E-state index in [0.717, 1.165) is 22.4 Å². The molecule has 1 N–H and O–H groups in total. The molecule has 4 aromatic rings. The summed E-state index contributed by atoms with van der Waals surface area (Å²) in [4.78, 5) is 17.0. The SMILES string of the molecule is CC(C)c1nnc2ccc(NC(=O)c3cccc4ncccc34)cn12. The topological polar surface area (TPSA) is 72.2 Å². The molecular weight excluding hydrogens is 314 g/mol. The van der Waals surface area contributed by atoms with E-state index in [0.29, 0.717) is 11.3 Å². The third kappa shape index (κ3) is 2.71. The number of benzene rings is 1. The summed E-state index contributed by atoms with van der Waals surface area (Å²) in [5.41, 5.74) is 2.85. The Bertz CT molecular complexity index is 1080. The van der Waals surface area contributed by atoms with E-state index in [1.54, 1.807) is 12.3 Å². The highest BCUT2D eigenvalue weighted by atomic mass is 16.1. The number of anilines is 1. The van der Waals surface area contributed by atoms with E-state index in [1.807, 2.05) is 47.0 Å². The number of aromatic nitrogens is 4. The van der Waals surface area contributed by atoms with Gasteiger partial charge in [-0.25, -0.2) is 0 Å². The summed E-state index contributed by atoms with van der Waals surface area (Å²) in [6.45, 7) is 4.12. The molecule has 0 unspecified atom stereocenters. The van der Waals surface area contributed by atoms with Crippen LogP contribution in [0, 0.1) is 0 Å². The number of hydrogen-bond acceptors (Lipinski definition) is 4. The number of hydrogen-bond donors (Lipinski definition) is 1.